The van der Waals surface area contributed by atoms with E-state index in [9.17, 15) is 4.79 Å². The molecule has 3 aromatic rings. The number of amides is 1. The Morgan fingerprint density at radius 2 is 1.72 bits per heavy atom. The van der Waals surface area contributed by atoms with Gasteiger partial charge in [0.05, 0.1) is 7.11 Å². The zero-order valence-corrected chi connectivity index (χ0v) is 19.6. The van der Waals surface area contributed by atoms with Gasteiger partial charge >= 0.3 is 0 Å². The second-order valence-electron chi connectivity index (χ2n) is 7.17. The van der Waals surface area contributed by atoms with E-state index < -0.39 is 0 Å². The fraction of sp³-hybridized carbons (Fsp3) is 0.240. The first-order valence-electron chi connectivity index (χ1n) is 10.3. The van der Waals surface area contributed by atoms with Crippen molar-refractivity contribution in [2.45, 2.75) is 26.6 Å². The molecule has 0 fully saturated rings. The summed E-state index contributed by atoms with van der Waals surface area (Å²) < 4.78 is 11.4. The van der Waals surface area contributed by atoms with Crippen LogP contribution in [0, 0.1) is 0 Å². The Labute approximate surface area is 198 Å². The predicted molar refractivity (Wildman–Crippen MR) is 129 cm³/mol. The van der Waals surface area contributed by atoms with Gasteiger partial charge in [-0.25, -0.2) is 0 Å². The lowest BCUT2D eigenvalue weighted by atomic mass is 10.1. The summed E-state index contributed by atoms with van der Waals surface area (Å²) >= 11 is 12.2. The minimum Gasteiger partial charge on any atom is -0.493 e. The van der Waals surface area contributed by atoms with Crippen LogP contribution in [0.2, 0.25) is 10.0 Å². The van der Waals surface area contributed by atoms with Gasteiger partial charge in [-0.05, 0) is 54.4 Å². The quantitative estimate of drug-likeness (QED) is 0.401. The summed E-state index contributed by atoms with van der Waals surface area (Å²) in [5.74, 6) is 1.22. The van der Waals surface area contributed by atoms with E-state index in [2.05, 4.69) is 10.6 Å². The lowest BCUT2D eigenvalue weighted by Gasteiger charge is -2.13. The highest BCUT2D eigenvalue weighted by molar-refractivity contribution is 6.35. The SMILES string of the molecule is CCNC(=O)c1cccc(CNCc2ccc(OCc3ccc(Cl)cc3Cl)c(OC)c2)c1. The molecule has 0 aliphatic rings. The maximum absolute atomic E-state index is 12.0. The van der Waals surface area contributed by atoms with E-state index in [0.717, 1.165) is 16.7 Å². The van der Waals surface area contributed by atoms with E-state index >= 15 is 0 Å². The Morgan fingerprint density at radius 1 is 0.938 bits per heavy atom. The number of carbonyl (C=O) groups excluding carboxylic acids is 1. The highest BCUT2D eigenvalue weighted by Gasteiger charge is 2.09. The number of ether oxygens (including phenoxy) is 2. The number of carbonyl (C=O) groups is 1. The second-order valence-corrected chi connectivity index (χ2v) is 8.02. The maximum atomic E-state index is 12.0. The minimum atomic E-state index is -0.0606. The average molecular weight is 473 g/mol. The van der Waals surface area contributed by atoms with Gasteiger partial charge in [-0.1, -0.05) is 47.5 Å². The molecule has 0 aliphatic carbocycles. The van der Waals surface area contributed by atoms with Crippen LogP contribution in [-0.4, -0.2) is 19.6 Å². The lowest BCUT2D eigenvalue weighted by Crippen LogP contribution is -2.23. The molecule has 0 atom stereocenters. The van der Waals surface area contributed by atoms with Gasteiger partial charge in [0.2, 0.25) is 0 Å². The number of halogens is 2. The van der Waals surface area contributed by atoms with Gasteiger partial charge in [0.1, 0.15) is 6.61 Å². The van der Waals surface area contributed by atoms with Crippen molar-refractivity contribution < 1.29 is 14.3 Å². The highest BCUT2D eigenvalue weighted by Crippen LogP contribution is 2.30. The van der Waals surface area contributed by atoms with Crippen molar-refractivity contribution in [2.75, 3.05) is 13.7 Å². The van der Waals surface area contributed by atoms with E-state index in [0.29, 0.717) is 53.3 Å². The van der Waals surface area contributed by atoms with E-state index in [1.54, 1.807) is 19.2 Å². The minimum absolute atomic E-state index is 0.0606. The molecule has 7 heteroatoms. The third kappa shape index (κ3) is 6.63. The molecule has 0 bridgehead atoms. The van der Waals surface area contributed by atoms with Crippen molar-refractivity contribution in [2.24, 2.45) is 0 Å². The van der Waals surface area contributed by atoms with Gasteiger partial charge in [0.15, 0.2) is 11.5 Å². The van der Waals surface area contributed by atoms with Gasteiger partial charge in [-0.3, -0.25) is 4.79 Å². The second kappa shape index (κ2) is 11.8. The van der Waals surface area contributed by atoms with Crippen molar-refractivity contribution in [3.8, 4) is 11.5 Å². The van der Waals surface area contributed by atoms with Crippen LogP contribution in [0.5, 0.6) is 11.5 Å². The normalized spacial score (nSPS) is 10.6. The lowest BCUT2D eigenvalue weighted by molar-refractivity contribution is 0.0955. The molecule has 0 spiro atoms. The summed E-state index contributed by atoms with van der Waals surface area (Å²) in [6.07, 6.45) is 0. The fourth-order valence-corrected chi connectivity index (χ4v) is 3.63. The summed E-state index contributed by atoms with van der Waals surface area (Å²) in [4.78, 5) is 12.0. The molecule has 0 saturated heterocycles. The largest absolute Gasteiger partial charge is 0.493 e. The van der Waals surface area contributed by atoms with Crippen LogP contribution in [-0.2, 0) is 19.7 Å². The Balaban J connectivity index is 1.58. The van der Waals surface area contributed by atoms with Crippen LogP contribution < -0.4 is 20.1 Å². The molecule has 3 rings (SSSR count). The zero-order valence-electron chi connectivity index (χ0n) is 18.1. The maximum Gasteiger partial charge on any atom is 0.251 e. The molecule has 2 N–H and O–H groups in total. The Hall–Kier alpha value is -2.73. The highest BCUT2D eigenvalue weighted by atomic mass is 35.5. The van der Waals surface area contributed by atoms with Gasteiger partial charge in [0, 0.05) is 40.8 Å². The first-order chi connectivity index (χ1) is 15.5. The van der Waals surface area contributed by atoms with Gasteiger partial charge < -0.3 is 20.1 Å². The Bertz CT molecular complexity index is 1070. The van der Waals surface area contributed by atoms with Crippen molar-refractivity contribution in [1.82, 2.24) is 10.6 Å². The molecule has 5 nitrogen and oxygen atoms in total. The van der Waals surface area contributed by atoms with Crippen LogP contribution in [0.4, 0.5) is 0 Å². The van der Waals surface area contributed by atoms with Gasteiger partial charge in [-0.2, -0.15) is 0 Å². The zero-order chi connectivity index (χ0) is 22.9. The number of benzene rings is 3. The number of methoxy groups -OCH3 is 1. The average Bonchev–Trinajstić information content (AvgIpc) is 2.79. The first kappa shape index (κ1) is 23.9. The molecule has 3 aromatic carbocycles. The summed E-state index contributed by atoms with van der Waals surface area (Å²) in [5, 5.41) is 7.37. The molecule has 0 unspecified atom stereocenters. The van der Waals surface area contributed by atoms with Crippen LogP contribution in [0.15, 0.2) is 60.7 Å². The monoisotopic (exact) mass is 472 g/mol. The van der Waals surface area contributed by atoms with E-state index in [4.69, 9.17) is 32.7 Å². The Morgan fingerprint density at radius 3 is 2.44 bits per heavy atom. The number of hydrogen-bond acceptors (Lipinski definition) is 4. The molecule has 1 amide bonds. The van der Waals surface area contributed by atoms with E-state index in [1.165, 1.54) is 0 Å². The molecular formula is C25H26Cl2N2O3. The van der Waals surface area contributed by atoms with Gasteiger partial charge in [0.25, 0.3) is 5.91 Å². The summed E-state index contributed by atoms with van der Waals surface area (Å²) in [5.41, 5.74) is 3.60. The number of rotatable bonds is 10. The molecule has 32 heavy (non-hydrogen) atoms. The molecule has 168 valence electrons. The summed E-state index contributed by atoms with van der Waals surface area (Å²) in [6, 6.07) is 18.7. The number of hydrogen-bond donors (Lipinski definition) is 2. The van der Waals surface area contributed by atoms with Gasteiger partial charge in [-0.15, -0.1) is 0 Å². The fourth-order valence-electron chi connectivity index (χ4n) is 3.17. The van der Waals surface area contributed by atoms with E-state index in [-0.39, 0.29) is 5.91 Å². The molecule has 0 aliphatic heterocycles. The van der Waals surface area contributed by atoms with Crippen LogP contribution in [0.25, 0.3) is 0 Å². The molecule has 0 radical (unpaired) electrons. The van der Waals surface area contributed by atoms with Crippen LogP contribution in [0.1, 0.15) is 34.0 Å². The van der Waals surface area contributed by atoms with Crippen molar-refractivity contribution in [3.63, 3.8) is 0 Å². The summed E-state index contributed by atoms with van der Waals surface area (Å²) in [6.45, 7) is 4.11. The van der Waals surface area contributed by atoms with E-state index in [1.807, 2.05) is 55.5 Å². The van der Waals surface area contributed by atoms with Crippen molar-refractivity contribution in [3.05, 3.63) is 93.0 Å². The molecular weight excluding hydrogens is 447 g/mol. The van der Waals surface area contributed by atoms with Crippen LogP contribution in [0.3, 0.4) is 0 Å². The number of nitrogens with one attached hydrogen (secondary N) is 2. The first-order valence-corrected chi connectivity index (χ1v) is 11.1. The molecule has 0 saturated carbocycles. The predicted octanol–water partition coefficient (Wildman–Crippen LogP) is 5.62. The standard InChI is InChI=1S/C25H26Cl2N2O3/c1-3-29-25(30)19-6-4-5-17(11-19)14-28-15-18-7-10-23(24(12-18)31-2)32-16-20-8-9-21(26)13-22(20)27/h4-13,28H,3,14-16H2,1-2H3,(H,29,30). The third-order valence-corrected chi connectivity index (χ3v) is 5.40. The third-order valence-electron chi connectivity index (χ3n) is 4.81. The summed E-state index contributed by atoms with van der Waals surface area (Å²) in [7, 11) is 1.61. The topological polar surface area (TPSA) is 59.6 Å². The molecule has 0 aromatic heterocycles. The van der Waals surface area contributed by atoms with Crippen LogP contribution >= 0.6 is 23.2 Å². The van der Waals surface area contributed by atoms with Crippen molar-refractivity contribution >= 4 is 29.1 Å². The molecule has 0 heterocycles. The smallest absolute Gasteiger partial charge is 0.251 e. The Kier molecular flexibility index (Phi) is 8.80. The van der Waals surface area contributed by atoms with Crippen molar-refractivity contribution in [1.29, 1.82) is 0 Å².